The third-order valence-corrected chi connectivity index (χ3v) is 4.41. The predicted octanol–water partition coefficient (Wildman–Crippen LogP) is 4.32. The van der Waals surface area contributed by atoms with E-state index in [0.717, 1.165) is 11.3 Å². The molecule has 0 unspecified atom stereocenters. The Kier molecular flexibility index (Phi) is 5.84. The lowest BCUT2D eigenvalue weighted by Crippen LogP contribution is -2.30. The van der Waals surface area contributed by atoms with E-state index in [1.165, 1.54) is 0 Å². The van der Waals surface area contributed by atoms with E-state index in [1.54, 1.807) is 30.1 Å². The van der Waals surface area contributed by atoms with Crippen molar-refractivity contribution in [1.29, 1.82) is 0 Å². The van der Waals surface area contributed by atoms with Crippen molar-refractivity contribution >= 4 is 34.8 Å². The van der Waals surface area contributed by atoms with Crippen LogP contribution in [0.2, 0.25) is 10.0 Å². The van der Waals surface area contributed by atoms with Gasteiger partial charge >= 0.3 is 0 Å². The van der Waals surface area contributed by atoms with Gasteiger partial charge in [-0.1, -0.05) is 29.3 Å². The topological polar surface area (TPSA) is 84.4 Å². The second-order valence-corrected chi connectivity index (χ2v) is 6.96. The largest absolute Gasteiger partial charge is 0.466 e. The van der Waals surface area contributed by atoms with Gasteiger partial charge < -0.3 is 14.2 Å². The molecule has 0 aliphatic carbocycles. The van der Waals surface area contributed by atoms with Gasteiger partial charge in [-0.15, -0.1) is 10.2 Å². The Hall–Kier alpha value is -2.35. The van der Waals surface area contributed by atoms with Crippen LogP contribution in [0.25, 0.3) is 11.5 Å². The number of hydrogen-bond donors (Lipinski definition) is 1. The van der Waals surface area contributed by atoms with Gasteiger partial charge in [0.05, 0.1) is 34.4 Å². The molecule has 2 heterocycles. The summed E-state index contributed by atoms with van der Waals surface area (Å²) in [5.41, 5.74) is 1.16. The number of nitrogens with one attached hydrogen (secondary N) is 1. The summed E-state index contributed by atoms with van der Waals surface area (Å²) >= 11 is 12.1. The molecule has 142 valence electrons. The van der Waals surface area contributed by atoms with Gasteiger partial charge in [0.15, 0.2) is 0 Å². The van der Waals surface area contributed by atoms with Crippen LogP contribution in [0.1, 0.15) is 17.4 Å². The average Bonchev–Trinajstić information content (AvgIpc) is 3.16. The van der Waals surface area contributed by atoms with Crippen molar-refractivity contribution < 1.29 is 13.6 Å². The number of likely N-dealkylation sites (N-methyl/N-ethyl adjacent to an activating group) is 1. The molecule has 7 nitrogen and oxygen atoms in total. The number of carbonyl (C=O) groups is 1. The van der Waals surface area contributed by atoms with Crippen molar-refractivity contribution in [3.05, 3.63) is 51.7 Å². The van der Waals surface area contributed by atoms with Crippen LogP contribution in [0.5, 0.6) is 0 Å². The minimum absolute atomic E-state index is 0.100. The number of benzene rings is 1. The van der Waals surface area contributed by atoms with E-state index in [0.29, 0.717) is 39.8 Å². The van der Waals surface area contributed by atoms with Crippen LogP contribution in [-0.2, 0) is 11.3 Å². The average molecular weight is 409 g/mol. The fraction of sp³-hybridized carbons (Fsp3) is 0.278. The molecule has 0 atom stereocenters. The summed E-state index contributed by atoms with van der Waals surface area (Å²) in [5, 5.41) is 11.5. The van der Waals surface area contributed by atoms with Gasteiger partial charge in [0, 0.05) is 0 Å². The Morgan fingerprint density at radius 3 is 2.52 bits per heavy atom. The highest BCUT2D eigenvalue weighted by Crippen LogP contribution is 2.29. The molecule has 1 N–H and O–H groups in total. The van der Waals surface area contributed by atoms with Gasteiger partial charge in [0.2, 0.25) is 11.8 Å². The Labute approximate surface area is 166 Å². The van der Waals surface area contributed by atoms with Crippen molar-refractivity contribution in [1.82, 2.24) is 15.1 Å². The Morgan fingerprint density at radius 1 is 1.19 bits per heavy atom. The van der Waals surface area contributed by atoms with E-state index in [2.05, 4.69) is 15.5 Å². The molecule has 1 aromatic carbocycles. The summed E-state index contributed by atoms with van der Waals surface area (Å²) in [6, 6.07) is 6.87. The molecular weight excluding hydrogens is 391 g/mol. The number of rotatable bonds is 6. The second kappa shape index (κ2) is 8.12. The number of aryl methyl sites for hydroxylation is 2. The number of halogens is 2. The number of hydrogen-bond acceptors (Lipinski definition) is 6. The van der Waals surface area contributed by atoms with Crippen LogP contribution < -0.4 is 5.32 Å². The fourth-order valence-corrected chi connectivity index (χ4v) is 3.09. The molecule has 3 rings (SSSR count). The number of aromatic nitrogens is 2. The highest BCUT2D eigenvalue weighted by molar-refractivity contribution is 6.39. The van der Waals surface area contributed by atoms with Gasteiger partial charge in [-0.3, -0.25) is 9.69 Å². The van der Waals surface area contributed by atoms with Crippen LogP contribution in [-0.4, -0.2) is 34.6 Å². The first-order valence-corrected chi connectivity index (χ1v) is 8.91. The standard InChI is InChI=1S/C18H18Cl2N4O3/c1-10-7-12(11(2)26-10)18-23-22-16(27-18)9-24(3)8-15(25)21-17-13(19)5-4-6-14(17)20/h4-7H,8-9H2,1-3H3,(H,21,25). The molecule has 0 saturated heterocycles. The van der Waals surface area contributed by atoms with Crippen LogP contribution >= 0.6 is 23.2 Å². The van der Waals surface area contributed by atoms with Gasteiger partial charge in [0.25, 0.3) is 5.89 Å². The first-order chi connectivity index (χ1) is 12.8. The SMILES string of the molecule is Cc1cc(-c2nnc(CN(C)CC(=O)Nc3c(Cl)cccc3Cl)o2)c(C)o1. The molecule has 2 aromatic heterocycles. The van der Waals surface area contributed by atoms with Crippen LogP contribution in [0, 0.1) is 13.8 Å². The molecule has 1 amide bonds. The molecule has 0 saturated carbocycles. The Balaban J connectivity index is 1.60. The number of anilines is 1. The third-order valence-electron chi connectivity index (χ3n) is 3.78. The lowest BCUT2D eigenvalue weighted by Gasteiger charge is -2.15. The fourth-order valence-electron chi connectivity index (χ4n) is 2.60. The molecule has 9 heteroatoms. The Morgan fingerprint density at radius 2 is 1.89 bits per heavy atom. The molecule has 27 heavy (non-hydrogen) atoms. The quantitative estimate of drug-likeness (QED) is 0.653. The summed E-state index contributed by atoms with van der Waals surface area (Å²) in [5.74, 6) is 2.02. The molecule has 0 bridgehead atoms. The van der Waals surface area contributed by atoms with Crippen LogP contribution in [0.15, 0.2) is 33.1 Å². The number of nitrogens with zero attached hydrogens (tertiary/aromatic N) is 3. The molecular formula is C18H18Cl2N4O3. The van der Waals surface area contributed by atoms with E-state index < -0.39 is 0 Å². The summed E-state index contributed by atoms with van der Waals surface area (Å²) in [7, 11) is 1.77. The lowest BCUT2D eigenvalue weighted by atomic mass is 10.2. The van der Waals surface area contributed by atoms with Crippen molar-refractivity contribution in [3.63, 3.8) is 0 Å². The van der Waals surface area contributed by atoms with Gasteiger partial charge in [-0.2, -0.15) is 0 Å². The number of furan rings is 1. The van der Waals surface area contributed by atoms with Crippen LogP contribution in [0.4, 0.5) is 5.69 Å². The number of para-hydroxylation sites is 1. The smallest absolute Gasteiger partial charge is 0.251 e. The van der Waals surface area contributed by atoms with E-state index in [9.17, 15) is 4.79 Å². The maximum absolute atomic E-state index is 12.2. The van der Waals surface area contributed by atoms with Crippen LogP contribution in [0.3, 0.4) is 0 Å². The zero-order valence-corrected chi connectivity index (χ0v) is 16.6. The van der Waals surface area contributed by atoms with Crippen molar-refractivity contribution in [3.8, 4) is 11.5 Å². The monoisotopic (exact) mass is 408 g/mol. The zero-order chi connectivity index (χ0) is 19.6. The molecule has 3 aromatic rings. The third kappa shape index (κ3) is 4.68. The highest BCUT2D eigenvalue weighted by atomic mass is 35.5. The molecule has 0 fully saturated rings. The minimum atomic E-state index is -0.256. The molecule has 0 aliphatic heterocycles. The maximum atomic E-state index is 12.2. The van der Waals surface area contributed by atoms with E-state index in [-0.39, 0.29) is 12.5 Å². The summed E-state index contributed by atoms with van der Waals surface area (Å²) in [6.07, 6.45) is 0. The molecule has 0 spiro atoms. The van der Waals surface area contributed by atoms with E-state index >= 15 is 0 Å². The zero-order valence-electron chi connectivity index (χ0n) is 15.0. The van der Waals surface area contributed by atoms with Crippen molar-refractivity contribution in [2.24, 2.45) is 0 Å². The van der Waals surface area contributed by atoms with Crippen molar-refractivity contribution in [2.45, 2.75) is 20.4 Å². The normalized spacial score (nSPS) is 11.2. The first-order valence-electron chi connectivity index (χ1n) is 8.15. The van der Waals surface area contributed by atoms with Gasteiger partial charge in [-0.05, 0) is 39.1 Å². The molecule has 0 aliphatic rings. The molecule has 0 radical (unpaired) electrons. The minimum Gasteiger partial charge on any atom is -0.466 e. The van der Waals surface area contributed by atoms with Gasteiger partial charge in [0.1, 0.15) is 11.5 Å². The number of amides is 1. The lowest BCUT2D eigenvalue weighted by molar-refractivity contribution is -0.117. The Bertz CT molecular complexity index is 947. The highest BCUT2D eigenvalue weighted by Gasteiger charge is 2.17. The summed E-state index contributed by atoms with van der Waals surface area (Å²) < 4.78 is 11.1. The first kappa shape index (κ1) is 19.4. The van der Waals surface area contributed by atoms with E-state index in [4.69, 9.17) is 32.0 Å². The van der Waals surface area contributed by atoms with Gasteiger partial charge in [-0.25, -0.2) is 0 Å². The summed E-state index contributed by atoms with van der Waals surface area (Å²) in [4.78, 5) is 14.0. The van der Waals surface area contributed by atoms with E-state index in [1.807, 2.05) is 19.9 Å². The maximum Gasteiger partial charge on any atom is 0.251 e. The number of carbonyl (C=O) groups excluding carboxylic acids is 1. The predicted molar refractivity (Wildman–Crippen MR) is 103 cm³/mol. The summed E-state index contributed by atoms with van der Waals surface area (Å²) in [6.45, 7) is 4.10. The second-order valence-electron chi connectivity index (χ2n) is 6.14. The van der Waals surface area contributed by atoms with Crippen molar-refractivity contribution in [2.75, 3.05) is 18.9 Å².